The molecule has 0 aromatic carbocycles. The Hall–Kier alpha value is -1.52. The maximum Gasteiger partial charge on any atom is 0.251 e. The van der Waals surface area contributed by atoms with E-state index in [1.807, 2.05) is 6.92 Å². The Balaban J connectivity index is 1.99. The van der Waals surface area contributed by atoms with E-state index in [1.54, 1.807) is 0 Å². The summed E-state index contributed by atoms with van der Waals surface area (Å²) in [7, 11) is 0. The van der Waals surface area contributed by atoms with Gasteiger partial charge in [-0.05, 0) is 25.7 Å². The fourth-order valence-electron chi connectivity index (χ4n) is 2.64. The Kier molecular flexibility index (Phi) is 4.45. The van der Waals surface area contributed by atoms with Crippen LogP contribution in [0, 0.1) is 17.8 Å². The summed E-state index contributed by atoms with van der Waals surface area (Å²) in [5.74, 6) is -1.95. The zero-order valence-corrected chi connectivity index (χ0v) is 11.0. The largest absolute Gasteiger partial charge is 0.349 e. The van der Waals surface area contributed by atoms with E-state index in [2.05, 4.69) is 10.3 Å². The van der Waals surface area contributed by atoms with Gasteiger partial charge in [0.15, 0.2) is 0 Å². The van der Waals surface area contributed by atoms with Gasteiger partial charge in [0.05, 0.1) is 0 Å². The average molecular weight is 268 g/mol. The summed E-state index contributed by atoms with van der Waals surface area (Å²) in [6, 6.07) is 1.92. The summed E-state index contributed by atoms with van der Waals surface area (Å²) in [6.45, 7) is 1.95. The molecule has 5 heteroatoms. The maximum absolute atomic E-state index is 12.9. The van der Waals surface area contributed by atoms with Gasteiger partial charge in [0, 0.05) is 23.7 Å². The molecule has 0 spiro atoms. The molecule has 3 nitrogen and oxygen atoms in total. The molecule has 1 fully saturated rings. The molecule has 104 valence electrons. The van der Waals surface area contributed by atoms with Crippen LogP contribution in [0.4, 0.5) is 8.78 Å². The number of carbonyl (C=O) groups is 1. The van der Waals surface area contributed by atoms with Crippen LogP contribution in [-0.2, 0) is 0 Å². The van der Waals surface area contributed by atoms with Crippen molar-refractivity contribution >= 4 is 5.91 Å². The third-order valence-electron chi connectivity index (χ3n) is 3.74. The second kappa shape index (κ2) is 6.08. The van der Waals surface area contributed by atoms with Gasteiger partial charge in [-0.15, -0.1) is 0 Å². The van der Waals surface area contributed by atoms with E-state index in [-0.39, 0.29) is 11.6 Å². The molecule has 1 heterocycles. The molecule has 1 aromatic heterocycles. The summed E-state index contributed by atoms with van der Waals surface area (Å²) >= 11 is 0. The smallest absolute Gasteiger partial charge is 0.251 e. The highest BCUT2D eigenvalue weighted by molar-refractivity contribution is 5.94. The van der Waals surface area contributed by atoms with Crippen molar-refractivity contribution < 1.29 is 13.6 Å². The van der Waals surface area contributed by atoms with Gasteiger partial charge in [-0.2, -0.15) is 13.8 Å². The summed E-state index contributed by atoms with van der Waals surface area (Å²) in [4.78, 5) is 14.9. The molecule has 1 amide bonds. The van der Waals surface area contributed by atoms with Crippen molar-refractivity contribution in [3.63, 3.8) is 0 Å². The standard InChI is InChI=1S/C14H18F2N2O/c1-9(10-5-3-2-4-6-10)17-14(19)11-7-12(15)18-13(16)8-11/h7-10H,2-6H2,1H3,(H,17,19)/t9-/m0/s1. The average Bonchev–Trinajstić information content (AvgIpc) is 2.38. The first-order chi connectivity index (χ1) is 9.06. The number of nitrogens with one attached hydrogen (secondary N) is 1. The quantitative estimate of drug-likeness (QED) is 0.856. The van der Waals surface area contributed by atoms with E-state index in [1.165, 1.54) is 19.3 Å². The zero-order valence-electron chi connectivity index (χ0n) is 11.0. The lowest BCUT2D eigenvalue weighted by atomic mass is 9.84. The molecule has 0 saturated heterocycles. The molecule has 1 aliphatic rings. The van der Waals surface area contributed by atoms with E-state index in [0.29, 0.717) is 5.92 Å². The molecule has 1 saturated carbocycles. The van der Waals surface area contributed by atoms with Crippen LogP contribution >= 0.6 is 0 Å². The number of hydrogen-bond acceptors (Lipinski definition) is 2. The number of pyridine rings is 1. The van der Waals surface area contributed by atoms with E-state index in [0.717, 1.165) is 25.0 Å². The van der Waals surface area contributed by atoms with Crippen molar-refractivity contribution in [1.82, 2.24) is 10.3 Å². The summed E-state index contributed by atoms with van der Waals surface area (Å²) in [5, 5.41) is 2.82. The monoisotopic (exact) mass is 268 g/mol. The molecule has 0 bridgehead atoms. The maximum atomic E-state index is 12.9. The fraction of sp³-hybridized carbons (Fsp3) is 0.571. The number of hydrogen-bond donors (Lipinski definition) is 1. The van der Waals surface area contributed by atoms with Crippen molar-refractivity contribution in [2.45, 2.75) is 45.1 Å². The lowest BCUT2D eigenvalue weighted by Crippen LogP contribution is -2.39. The van der Waals surface area contributed by atoms with E-state index >= 15 is 0 Å². The molecule has 1 aromatic rings. The van der Waals surface area contributed by atoms with Gasteiger partial charge in [-0.3, -0.25) is 4.79 Å². The molecule has 19 heavy (non-hydrogen) atoms. The molecule has 1 aliphatic carbocycles. The van der Waals surface area contributed by atoms with Gasteiger partial charge in [0.25, 0.3) is 5.91 Å². The highest BCUT2D eigenvalue weighted by Crippen LogP contribution is 2.26. The first-order valence-electron chi connectivity index (χ1n) is 6.70. The second-order valence-corrected chi connectivity index (χ2v) is 5.16. The molecule has 0 aliphatic heterocycles. The minimum Gasteiger partial charge on any atom is -0.349 e. The summed E-state index contributed by atoms with van der Waals surface area (Å²) < 4.78 is 25.9. The first-order valence-corrected chi connectivity index (χ1v) is 6.70. The predicted octanol–water partition coefficient (Wildman–Crippen LogP) is 3.06. The Bertz CT molecular complexity index is 439. The molecule has 2 rings (SSSR count). The Morgan fingerprint density at radius 1 is 1.26 bits per heavy atom. The number of nitrogens with zero attached hydrogens (tertiary/aromatic N) is 1. The number of halogens is 2. The summed E-state index contributed by atoms with van der Waals surface area (Å²) in [5.41, 5.74) is -0.0207. The van der Waals surface area contributed by atoms with Crippen molar-refractivity contribution in [3.05, 3.63) is 29.6 Å². The summed E-state index contributed by atoms with van der Waals surface area (Å²) in [6.07, 6.45) is 5.81. The van der Waals surface area contributed by atoms with E-state index in [4.69, 9.17) is 0 Å². The third kappa shape index (κ3) is 3.72. The third-order valence-corrected chi connectivity index (χ3v) is 3.74. The van der Waals surface area contributed by atoms with Gasteiger partial charge in [0.1, 0.15) is 0 Å². The molecule has 0 radical (unpaired) electrons. The minimum absolute atomic E-state index is 0.0205. The van der Waals surface area contributed by atoms with E-state index < -0.39 is 17.8 Å². The number of amides is 1. The molecule has 0 unspecified atom stereocenters. The van der Waals surface area contributed by atoms with Crippen LogP contribution in [0.2, 0.25) is 0 Å². The highest BCUT2D eigenvalue weighted by Gasteiger charge is 2.22. The normalized spacial score (nSPS) is 18.1. The molecular formula is C14H18F2N2O. The number of rotatable bonds is 3. The van der Waals surface area contributed by atoms with Crippen LogP contribution < -0.4 is 5.32 Å². The van der Waals surface area contributed by atoms with Crippen molar-refractivity contribution in [3.8, 4) is 0 Å². The van der Waals surface area contributed by atoms with Crippen LogP contribution in [0.25, 0.3) is 0 Å². The van der Waals surface area contributed by atoms with Crippen LogP contribution in [0.1, 0.15) is 49.4 Å². The van der Waals surface area contributed by atoms with Crippen LogP contribution in [0.3, 0.4) is 0 Å². The van der Waals surface area contributed by atoms with Crippen molar-refractivity contribution in [1.29, 1.82) is 0 Å². The zero-order chi connectivity index (χ0) is 13.8. The highest BCUT2D eigenvalue weighted by atomic mass is 19.1. The Morgan fingerprint density at radius 2 is 1.84 bits per heavy atom. The van der Waals surface area contributed by atoms with Crippen LogP contribution in [0.5, 0.6) is 0 Å². The Morgan fingerprint density at radius 3 is 2.42 bits per heavy atom. The first kappa shape index (κ1) is 13.9. The molecular weight excluding hydrogens is 250 g/mol. The van der Waals surface area contributed by atoms with Gasteiger partial charge >= 0.3 is 0 Å². The van der Waals surface area contributed by atoms with Crippen molar-refractivity contribution in [2.24, 2.45) is 5.92 Å². The van der Waals surface area contributed by atoms with Gasteiger partial charge in [-0.25, -0.2) is 0 Å². The predicted molar refractivity (Wildman–Crippen MR) is 67.7 cm³/mol. The van der Waals surface area contributed by atoms with E-state index in [9.17, 15) is 13.6 Å². The lowest BCUT2D eigenvalue weighted by molar-refractivity contribution is 0.0918. The van der Waals surface area contributed by atoms with Gasteiger partial charge in [0.2, 0.25) is 11.9 Å². The topological polar surface area (TPSA) is 42.0 Å². The van der Waals surface area contributed by atoms with Crippen LogP contribution in [-0.4, -0.2) is 16.9 Å². The van der Waals surface area contributed by atoms with Crippen LogP contribution in [0.15, 0.2) is 12.1 Å². The number of carbonyl (C=O) groups excluding carboxylic acids is 1. The second-order valence-electron chi connectivity index (χ2n) is 5.16. The van der Waals surface area contributed by atoms with Gasteiger partial charge < -0.3 is 5.32 Å². The van der Waals surface area contributed by atoms with Gasteiger partial charge in [-0.1, -0.05) is 19.3 Å². The number of aromatic nitrogens is 1. The lowest BCUT2D eigenvalue weighted by Gasteiger charge is -2.28. The Labute approximate surface area is 111 Å². The fourth-order valence-corrected chi connectivity index (χ4v) is 2.64. The molecule has 1 N–H and O–H groups in total. The molecule has 1 atom stereocenters. The van der Waals surface area contributed by atoms with Crippen molar-refractivity contribution in [2.75, 3.05) is 0 Å². The SMILES string of the molecule is C[C@H](NC(=O)c1cc(F)nc(F)c1)C1CCCCC1. The minimum atomic E-state index is -0.976.